The SMILES string of the molecule is CC(C)(C)OC(=O)N1CCC(c2ccc(N)nc2)CC1.Cn1nc(Cl)cc(Br)c1=O.Cn1nc(Cl)cc(Nc2ccc(C3CCN(C(=O)OC(C)(C)C)CC3)cn2)c1=O. The van der Waals surface area contributed by atoms with Crippen molar-refractivity contribution < 1.29 is 19.1 Å². The molecule has 320 valence electrons. The lowest BCUT2D eigenvalue weighted by Gasteiger charge is -2.33. The summed E-state index contributed by atoms with van der Waals surface area (Å²) in [5.74, 6) is 1.87. The fourth-order valence-corrected chi connectivity index (χ4v) is 7.21. The largest absolute Gasteiger partial charge is 0.444 e. The third kappa shape index (κ3) is 14.8. The molecular formula is C40H53BrCl2N10O6. The number of carbonyl (C=O) groups is 2. The van der Waals surface area contributed by atoms with E-state index in [1.165, 1.54) is 27.1 Å². The Labute approximate surface area is 362 Å². The monoisotopic (exact) mass is 918 g/mol. The predicted octanol–water partition coefficient (Wildman–Crippen LogP) is 7.66. The summed E-state index contributed by atoms with van der Waals surface area (Å²) in [6, 6.07) is 10.6. The first-order chi connectivity index (χ1) is 27.6. The number of likely N-dealkylation sites (tertiary alicyclic amines) is 2. The van der Waals surface area contributed by atoms with Gasteiger partial charge in [-0.2, -0.15) is 10.2 Å². The number of rotatable bonds is 4. The van der Waals surface area contributed by atoms with Gasteiger partial charge in [-0.05, 0) is 124 Å². The molecule has 2 aliphatic rings. The molecule has 59 heavy (non-hydrogen) atoms. The van der Waals surface area contributed by atoms with E-state index in [4.69, 9.17) is 38.4 Å². The minimum atomic E-state index is -0.485. The number of nitrogens with one attached hydrogen (secondary N) is 1. The quantitative estimate of drug-likeness (QED) is 0.203. The number of anilines is 3. The van der Waals surface area contributed by atoms with Crippen molar-refractivity contribution in [3.63, 3.8) is 0 Å². The molecule has 2 fully saturated rings. The minimum absolute atomic E-state index is 0.190. The molecule has 0 aliphatic carbocycles. The van der Waals surface area contributed by atoms with Gasteiger partial charge in [0.1, 0.15) is 28.5 Å². The van der Waals surface area contributed by atoms with E-state index >= 15 is 0 Å². The highest BCUT2D eigenvalue weighted by atomic mass is 79.9. The van der Waals surface area contributed by atoms with Gasteiger partial charge >= 0.3 is 12.2 Å². The van der Waals surface area contributed by atoms with Crippen LogP contribution in [0.2, 0.25) is 10.3 Å². The molecule has 0 unspecified atom stereocenters. The molecule has 0 radical (unpaired) electrons. The molecule has 6 rings (SSSR count). The lowest BCUT2D eigenvalue weighted by atomic mass is 9.90. The van der Waals surface area contributed by atoms with Crippen LogP contribution in [0.3, 0.4) is 0 Å². The number of nitrogens with zero attached hydrogens (tertiary/aromatic N) is 8. The molecule has 0 bridgehead atoms. The Morgan fingerprint density at radius 2 is 1.17 bits per heavy atom. The molecule has 2 saturated heterocycles. The van der Waals surface area contributed by atoms with Gasteiger partial charge in [0.15, 0.2) is 10.3 Å². The van der Waals surface area contributed by atoms with Crippen LogP contribution < -0.4 is 22.2 Å². The Balaban J connectivity index is 0.000000220. The maximum absolute atomic E-state index is 12.2. The number of piperidine rings is 2. The van der Waals surface area contributed by atoms with Crippen LogP contribution in [-0.4, -0.2) is 88.9 Å². The molecule has 0 spiro atoms. The van der Waals surface area contributed by atoms with Crippen LogP contribution in [0.1, 0.15) is 90.2 Å². The smallest absolute Gasteiger partial charge is 0.410 e. The molecule has 2 amide bonds. The summed E-state index contributed by atoms with van der Waals surface area (Å²) in [5, 5.41) is 11.0. The van der Waals surface area contributed by atoms with E-state index in [2.05, 4.69) is 41.4 Å². The van der Waals surface area contributed by atoms with E-state index in [-0.39, 0.29) is 28.5 Å². The van der Waals surface area contributed by atoms with Crippen molar-refractivity contribution in [3.05, 3.63) is 95.4 Å². The van der Waals surface area contributed by atoms with Gasteiger partial charge in [-0.3, -0.25) is 9.59 Å². The van der Waals surface area contributed by atoms with E-state index in [9.17, 15) is 19.2 Å². The molecule has 4 aromatic heterocycles. The first-order valence-electron chi connectivity index (χ1n) is 19.1. The first kappa shape index (κ1) is 46.9. The zero-order valence-corrected chi connectivity index (χ0v) is 37.8. The summed E-state index contributed by atoms with van der Waals surface area (Å²) in [6.07, 6.45) is 6.75. The zero-order chi connectivity index (χ0) is 43.7. The fourth-order valence-electron chi connectivity index (χ4n) is 6.16. The van der Waals surface area contributed by atoms with Crippen LogP contribution >= 0.6 is 39.1 Å². The van der Waals surface area contributed by atoms with Gasteiger partial charge in [0, 0.05) is 58.7 Å². The van der Waals surface area contributed by atoms with Crippen molar-refractivity contribution in [3.8, 4) is 0 Å². The minimum Gasteiger partial charge on any atom is -0.444 e. The van der Waals surface area contributed by atoms with Gasteiger partial charge in [-0.15, -0.1) is 0 Å². The molecule has 3 N–H and O–H groups in total. The highest BCUT2D eigenvalue weighted by molar-refractivity contribution is 9.10. The van der Waals surface area contributed by atoms with E-state index in [1.54, 1.807) is 23.9 Å². The average molecular weight is 921 g/mol. The second-order valence-corrected chi connectivity index (χ2v) is 17.8. The standard InChI is InChI=1S/C20H26ClN5O3.C15H23N3O2.C5H4BrClN2O/c1-20(2,3)29-19(28)26-9-7-13(8-10-26)14-5-6-17(22-12-14)23-15-11-16(21)24-25(4)18(15)27;1-15(2,3)20-14(19)18-8-6-11(7-9-18)12-4-5-13(16)17-10-12;1-9-5(10)3(6)2-4(7)8-9/h5-6,11-13H,7-10H2,1-4H3,(H,22,23);4-5,10-11H,6-9H2,1-3H3,(H2,16,17);2H,1H3. The van der Waals surface area contributed by atoms with Crippen molar-refractivity contribution in [2.45, 2.75) is 90.3 Å². The van der Waals surface area contributed by atoms with Crippen LogP contribution in [0.5, 0.6) is 0 Å². The van der Waals surface area contributed by atoms with E-state index in [1.807, 2.05) is 78.2 Å². The second kappa shape index (κ2) is 20.5. The number of pyridine rings is 2. The Morgan fingerprint density at radius 1 is 0.729 bits per heavy atom. The number of nitrogens with two attached hydrogens (primary N) is 1. The third-order valence-corrected chi connectivity index (χ3v) is 10.1. The van der Waals surface area contributed by atoms with Gasteiger partial charge < -0.3 is 30.3 Å². The molecule has 4 aromatic rings. The van der Waals surface area contributed by atoms with Crippen molar-refractivity contribution in [1.82, 2.24) is 39.3 Å². The number of ether oxygens (including phenoxy) is 2. The highest BCUT2D eigenvalue weighted by Gasteiger charge is 2.29. The lowest BCUT2D eigenvalue weighted by Crippen LogP contribution is -2.41. The normalized spacial score (nSPS) is 15.0. The summed E-state index contributed by atoms with van der Waals surface area (Å²) in [6.45, 7) is 14.0. The molecular weight excluding hydrogens is 867 g/mol. The second-order valence-electron chi connectivity index (χ2n) is 16.2. The summed E-state index contributed by atoms with van der Waals surface area (Å²) < 4.78 is 13.6. The van der Waals surface area contributed by atoms with Crippen molar-refractivity contribution in [2.24, 2.45) is 14.1 Å². The number of carbonyl (C=O) groups excluding carboxylic acids is 2. The van der Waals surface area contributed by atoms with Crippen LogP contribution in [0.25, 0.3) is 0 Å². The Kier molecular flexibility index (Phi) is 16.3. The van der Waals surface area contributed by atoms with E-state index < -0.39 is 11.2 Å². The molecule has 2 aliphatic heterocycles. The average Bonchev–Trinajstić information content (AvgIpc) is 3.16. The van der Waals surface area contributed by atoms with Gasteiger partial charge in [0.25, 0.3) is 11.1 Å². The Bertz CT molecular complexity index is 2130. The summed E-state index contributed by atoms with van der Waals surface area (Å²) >= 11 is 14.5. The fraction of sp³-hybridized carbons (Fsp3) is 0.500. The number of hydrogen-bond acceptors (Lipinski definition) is 12. The maximum atomic E-state index is 12.2. The summed E-state index contributed by atoms with van der Waals surface area (Å²) in [5.41, 5.74) is 6.83. The van der Waals surface area contributed by atoms with Crippen LogP contribution in [0, 0.1) is 0 Å². The van der Waals surface area contributed by atoms with Crippen LogP contribution in [0.15, 0.2) is 62.9 Å². The number of amides is 2. The zero-order valence-electron chi connectivity index (χ0n) is 34.7. The van der Waals surface area contributed by atoms with Crippen molar-refractivity contribution in [1.29, 1.82) is 0 Å². The van der Waals surface area contributed by atoms with Crippen LogP contribution in [0.4, 0.5) is 26.9 Å². The number of aryl methyl sites for hydroxylation is 2. The molecule has 0 saturated carbocycles. The number of halogens is 3. The molecule has 19 heteroatoms. The summed E-state index contributed by atoms with van der Waals surface area (Å²) in [7, 11) is 3.08. The maximum Gasteiger partial charge on any atom is 0.410 e. The van der Waals surface area contributed by atoms with Gasteiger partial charge in [-0.1, -0.05) is 35.3 Å². The lowest BCUT2D eigenvalue weighted by molar-refractivity contribution is 0.0194. The Morgan fingerprint density at radius 3 is 1.58 bits per heavy atom. The number of hydrogen-bond donors (Lipinski definition) is 2. The van der Waals surface area contributed by atoms with Gasteiger partial charge in [0.2, 0.25) is 0 Å². The Hall–Kier alpha value is -4.74. The molecule has 0 atom stereocenters. The predicted molar refractivity (Wildman–Crippen MR) is 232 cm³/mol. The third-order valence-electron chi connectivity index (χ3n) is 9.12. The summed E-state index contributed by atoms with van der Waals surface area (Å²) in [4.78, 5) is 59.3. The van der Waals surface area contributed by atoms with Gasteiger partial charge in [-0.25, -0.2) is 28.9 Å². The van der Waals surface area contributed by atoms with Crippen LogP contribution in [-0.2, 0) is 23.6 Å². The van der Waals surface area contributed by atoms with Crippen molar-refractivity contribution in [2.75, 3.05) is 37.2 Å². The molecule has 6 heterocycles. The molecule has 0 aromatic carbocycles. The van der Waals surface area contributed by atoms with E-state index in [0.29, 0.717) is 51.9 Å². The van der Waals surface area contributed by atoms with Crippen molar-refractivity contribution >= 4 is 68.6 Å². The number of aromatic nitrogens is 6. The molecule has 16 nitrogen and oxygen atoms in total. The van der Waals surface area contributed by atoms with E-state index in [0.717, 1.165) is 44.3 Å². The topological polar surface area (TPSA) is 193 Å². The number of nitrogen functional groups attached to an aromatic ring is 1. The highest BCUT2D eigenvalue weighted by Crippen LogP contribution is 2.30. The van der Waals surface area contributed by atoms with Gasteiger partial charge in [0.05, 0.1) is 4.47 Å². The first-order valence-corrected chi connectivity index (χ1v) is 20.7.